The van der Waals surface area contributed by atoms with E-state index >= 15 is 0 Å². The van der Waals surface area contributed by atoms with E-state index in [9.17, 15) is 9.18 Å². The molecule has 1 amide bonds. The summed E-state index contributed by atoms with van der Waals surface area (Å²) >= 11 is 1.71. The summed E-state index contributed by atoms with van der Waals surface area (Å²) < 4.78 is 12.8. The van der Waals surface area contributed by atoms with Crippen molar-refractivity contribution in [2.45, 2.75) is 18.0 Å². The van der Waals surface area contributed by atoms with Gasteiger partial charge in [-0.25, -0.2) is 4.39 Å². The van der Waals surface area contributed by atoms with Gasteiger partial charge in [0.05, 0.1) is 6.54 Å². The van der Waals surface area contributed by atoms with Crippen molar-refractivity contribution in [2.75, 3.05) is 19.8 Å². The van der Waals surface area contributed by atoms with E-state index in [4.69, 9.17) is 0 Å². The number of halogens is 1. The smallest absolute Gasteiger partial charge is 0.234 e. The molecule has 0 unspecified atom stereocenters. The summed E-state index contributed by atoms with van der Waals surface area (Å²) in [7, 11) is 1.92. The maximum absolute atomic E-state index is 12.8. The van der Waals surface area contributed by atoms with E-state index in [2.05, 4.69) is 29.6 Å². The van der Waals surface area contributed by atoms with Gasteiger partial charge in [0.15, 0.2) is 0 Å². The van der Waals surface area contributed by atoms with Crippen LogP contribution in [0.4, 0.5) is 4.39 Å². The maximum atomic E-state index is 12.8. The normalized spacial score (nSPS) is 10.8. The lowest BCUT2D eigenvalue weighted by Gasteiger charge is -2.16. The van der Waals surface area contributed by atoms with E-state index in [0.717, 1.165) is 12.1 Å². The van der Waals surface area contributed by atoms with E-state index in [1.165, 1.54) is 22.6 Å². The summed E-state index contributed by atoms with van der Waals surface area (Å²) in [6, 6.07) is 14.5. The summed E-state index contributed by atoms with van der Waals surface area (Å²) in [6.45, 7) is 1.46. The molecule has 0 aliphatic heterocycles. The molecule has 0 saturated heterocycles. The van der Waals surface area contributed by atoms with Gasteiger partial charge in [-0.05, 0) is 48.7 Å². The molecule has 122 valence electrons. The summed E-state index contributed by atoms with van der Waals surface area (Å²) in [6.07, 6.45) is 2.05. The van der Waals surface area contributed by atoms with Crippen LogP contribution in [0, 0.1) is 5.82 Å². The van der Waals surface area contributed by atoms with E-state index in [1.807, 2.05) is 18.2 Å². The number of likely N-dealkylation sites (N-methyl/N-ethyl adjacent to an activating group) is 1. The van der Waals surface area contributed by atoms with Gasteiger partial charge < -0.3 is 5.32 Å². The van der Waals surface area contributed by atoms with Gasteiger partial charge in [-0.1, -0.05) is 24.3 Å². The number of carbonyl (C=O) groups excluding carboxylic acids is 1. The highest BCUT2D eigenvalue weighted by Crippen LogP contribution is 2.15. The number of rotatable bonds is 7. The molecule has 0 fully saturated rings. The molecule has 0 heterocycles. The molecule has 0 aromatic heterocycles. The first kappa shape index (κ1) is 17.5. The molecule has 0 spiro atoms. The van der Waals surface area contributed by atoms with Crippen molar-refractivity contribution < 1.29 is 9.18 Å². The van der Waals surface area contributed by atoms with Gasteiger partial charge in [-0.3, -0.25) is 9.69 Å². The van der Waals surface area contributed by atoms with Crippen LogP contribution >= 0.6 is 11.8 Å². The molecule has 2 aromatic carbocycles. The predicted octanol–water partition coefficient (Wildman–Crippen LogP) is 3.30. The van der Waals surface area contributed by atoms with Gasteiger partial charge in [0.1, 0.15) is 5.82 Å². The fourth-order valence-corrected chi connectivity index (χ4v) is 2.61. The first-order valence-electron chi connectivity index (χ1n) is 7.39. The Balaban J connectivity index is 1.76. The Bertz CT molecular complexity index is 628. The van der Waals surface area contributed by atoms with Crippen molar-refractivity contribution in [1.82, 2.24) is 10.2 Å². The third kappa shape index (κ3) is 6.04. The van der Waals surface area contributed by atoms with Crippen molar-refractivity contribution in [2.24, 2.45) is 0 Å². The zero-order chi connectivity index (χ0) is 16.7. The molecule has 1 N–H and O–H groups in total. The minimum Gasteiger partial charge on any atom is -0.351 e. The fraction of sp³-hybridized carbons (Fsp3) is 0.278. The molecule has 2 aromatic rings. The molecule has 0 radical (unpaired) electrons. The number of hydrogen-bond donors (Lipinski definition) is 1. The van der Waals surface area contributed by atoms with Gasteiger partial charge in [-0.2, -0.15) is 0 Å². The monoisotopic (exact) mass is 332 g/mol. The Kier molecular flexibility index (Phi) is 6.62. The van der Waals surface area contributed by atoms with Crippen LogP contribution in [0.15, 0.2) is 53.4 Å². The summed E-state index contributed by atoms with van der Waals surface area (Å²) in [5.41, 5.74) is 2.06. The average molecular weight is 332 g/mol. The van der Waals surface area contributed by atoms with Crippen LogP contribution in [0.3, 0.4) is 0 Å². The summed E-state index contributed by atoms with van der Waals surface area (Å²) in [4.78, 5) is 15.2. The topological polar surface area (TPSA) is 32.3 Å². The molecule has 0 aliphatic rings. The minimum absolute atomic E-state index is 0.0439. The molecular formula is C18H21FN2OS. The van der Waals surface area contributed by atoms with Crippen LogP contribution in [0.1, 0.15) is 11.1 Å². The highest BCUT2D eigenvalue weighted by molar-refractivity contribution is 7.98. The van der Waals surface area contributed by atoms with E-state index in [-0.39, 0.29) is 11.7 Å². The maximum Gasteiger partial charge on any atom is 0.234 e. The van der Waals surface area contributed by atoms with Crippen molar-refractivity contribution in [3.05, 3.63) is 65.5 Å². The zero-order valence-corrected chi connectivity index (χ0v) is 14.2. The standard InChI is InChI=1S/C18H21FN2OS/c1-21(12-15-5-9-17(23-2)10-6-15)13-18(22)20-11-14-3-7-16(19)8-4-14/h3-10H,11-13H2,1-2H3,(H,20,22). The predicted molar refractivity (Wildman–Crippen MR) is 92.8 cm³/mol. The number of benzene rings is 2. The Morgan fingerprint density at radius 3 is 2.30 bits per heavy atom. The minimum atomic E-state index is -0.271. The number of nitrogens with zero attached hydrogens (tertiary/aromatic N) is 1. The highest BCUT2D eigenvalue weighted by atomic mass is 32.2. The zero-order valence-electron chi connectivity index (χ0n) is 13.4. The van der Waals surface area contributed by atoms with Gasteiger partial charge >= 0.3 is 0 Å². The average Bonchev–Trinajstić information content (AvgIpc) is 2.55. The number of nitrogens with one attached hydrogen (secondary N) is 1. The molecule has 5 heteroatoms. The fourth-order valence-electron chi connectivity index (χ4n) is 2.20. The van der Waals surface area contributed by atoms with Gasteiger partial charge in [0, 0.05) is 18.0 Å². The molecule has 0 atom stereocenters. The van der Waals surface area contributed by atoms with Gasteiger partial charge in [0.25, 0.3) is 0 Å². The third-order valence-corrected chi connectivity index (χ3v) is 4.17. The third-order valence-electron chi connectivity index (χ3n) is 3.43. The first-order valence-corrected chi connectivity index (χ1v) is 8.62. The lowest BCUT2D eigenvalue weighted by atomic mass is 10.2. The highest BCUT2D eigenvalue weighted by Gasteiger charge is 2.07. The van der Waals surface area contributed by atoms with Crippen LogP contribution in [0.25, 0.3) is 0 Å². The Labute approximate surface area is 140 Å². The van der Waals surface area contributed by atoms with Crippen molar-refractivity contribution in [3.63, 3.8) is 0 Å². The molecule has 3 nitrogen and oxygen atoms in total. The SMILES string of the molecule is CSc1ccc(CN(C)CC(=O)NCc2ccc(F)cc2)cc1. The van der Waals surface area contributed by atoms with Crippen LogP contribution < -0.4 is 5.32 Å². The molecule has 0 aliphatic carbocycles. The van der Waals surface area contributed by atoms with Gasteiger partial charge in [-0.15, -0.1) is 11.8 Å². The summed E-state index contributed by atoms with van der Waals surface area (Å²) in [5.74, 6) is -0.315. The number of amides is 1. The molecule has 0 bridgehead atoms. The molecule has 2 rings (SSSR count). The summed E-state index contributed by atoms with van der Waals surface area (Å²) in [5, 5.41) is 2.85. The van der Waals surface area contributed by atoms with Crippen molar-refractivity contribution >= 4 is 17.7 Å². The second-order valence-corrected chi connectivity index (χ2v) is 6.30. The Morgan fingerprint density at radius 1 is 1.09 bits per heavy atom. The van der Waals surface area contributed by atoms with E-state index in [1.54, 1.807) is 23.9 Å². The number of carbonyl (C=O) groups is 1. The van der Waals surface area contributed by atoms with Crippen LogP contribution in [-0.2, 0) is 17.9 Å². The molecular weight excluding hydrogens is 311 g/mol. The van der Waals surface area contributed by atoms with E-state index < -0.39 is 0 Å². The number of thioether (sulfide) groups is 1. The Hall–Kier alpha value is -1.85. The lowest BCUT2D eigenvalue weighted by molar-refractivity contribution is -0.122. The van der Waals surface area contributed by atoms with Crippen molar-refractivity contribution in [1.29, 1.82) is 0 Å². The van der Waals surface area contributed by atoms with Crippen LogP contribution in [-0.4, -0.2) is 30.7 Å². The van der Waals surface area contributed by atoms with Gasteiger partial charge in [0.2, 0.25) is 5.91 Å². The second-order valence-electron chi connectivity index (χ2n) is 5.42. The van der Waals surface area contributed by atoms with Crippen molar-refractivity contribution in [3.8, 4) is 0 Å². The number of hydrogen-bond acceptors (Lipinski definition) is 3. The van der Waals surface area contributed by atoms with Crippen LogP contribution in [0.5, 0.6) is 0 Å². The Morgan fingerprint density at radius 2 is 1.70 bits per heavy atom. The second kappa shape index (κ2) is 8.70. The first-order chi connectivity index (χ1) is 11.1. The largest absolute Gasteiger partial charge is 0.351 e. The quantitative estimate of drug-likeness (QED) is 0.790. The molecule has 0 saturated carbocycles. The lowest BCUT2D eigenvalue weighted by Crippen LogP contribution is -2.34. The molecule has 23 heavy (non-hydrogen) atoms. The van der Waals surface area contributed by atoms with E-state index in [0.29, 0.717) is 13.1 Å². The van der Waals surface area contributed by atoms with Crippen LogP contribution in [0.2, 0.25) is 0 Å².